The highest BCUT2D eigenvalue weighted by Crippen LogP contribution is 2.71. The molecule has 1 N–H and O–H groups in total. The van der Waals surface area contributed by atoms with E-state index < -0.39 is 54.4 Å². The zero-order valence-corrected chi connectivity index (χ0v) is 30.1. The molecular formula is C34H52N2O8Si. The van der Waals surface area contributed by atoms with Crippen LogP contribution in [-0.4, -0.2) is 77.0 Å². The zero-order valence-electron chi connectivity index (χ0n) is 29.1. The average Bonchev–Trinajstić information content (AvgIpc) is 3.45. The lowest BCUT2D eigenvalue weighted by atomic mass is 9.45. The number of allylic oxidation sites excluding steroid dienone is 1. The van der Waals surface area contributed by atoms with E-state index in [9.17, 15) is 14.4 Å². The number of nitrogens with one attached hydrogen (secondary N) is 1. The number of hydrogen-bond donors (Lipinski definition) is 1. The second-order valence-corrected chi connectivity index (χ2v) is 19.8. The number of benzene rings is 1. The van der Waals surface area contributed by atoms with E-state index in [0.29, 0.717) is 29.8 Å². The Morgan fingerprint density at radius 2 is 1.64 bits per heavy atom. The lowest BCUT2D eigenvalue weighted by Gasteiger charge is -2.58. The minimum atomic E-state index is -2.21. The number of likely N-dealkylation sites (tertiary alicyclic amines) is 1. The quantitative estimate of drug-likeness (QED) is 0.118. The Bertz CT molecular complexity index is 1360. The van der Waals surface area contributed by atoms with Crippen LogP contribution in [0.3, 0.4) is 0 Å². The van der Waals surface area contributed by atoms with Crippen LogP contribution in [0.25, 0.3) is 0 Å². The molecule has 45 heavy (non-hydrogen) atoms. The van der Waals surface area contributed by atoms with E-state index in [0.717, 1.165) is 5.57 Å². The maximum atomic E-state index is 14.7. The van der Waals surface area contributed by atoms with Gasteiger partial charge in [0.1, 0.15) is 17.0 Å². The predicted molar refractivity (Wildman–Crippen MR) is 175 cm³/mol. The molecule has 0 aromatic heterocycles. The number of carbonyl (C=O) groups is 3. The normalized spacial score (nSPS) is 25.8. The largest absolute Gasteiger partial charge is 0.497 e. The third-order valence-electron chi connectivity index (χ3n) is 10.7. The van der Waals surface area contributed by atoms with Gasteiger partial charge in [-0.25, -0.2) is 4.79 Å². The van der Waals surface area contributed by atoms with Crippen LogP contribution in [0.2, 0.25) is 18.1 Å². The van der Waals surface area contributed by atoms with Gasteiger partial charge in [0.15, 0.2) is 13.7 Å². The number of carbonyl (C=O) groups excluding carboxylic acids is 3. The molecule has 2 heterocycles. The summed E-state index contributed by atoms with van der Waals surface area (Å²) in [7, 11) is 1.96. The van der Waals surface area contributed by atoms with Crippen molar-refractivity contribution in [3.05, 3.63) is 35.4 Å². The summed E-state index contributed by atoms with van der Waals surface area (Å²) in [6, 6.07) is 5.57. The Balaban J connectivity index is 2.03. The zero-order chi connectivity index (χ0) is 33.8. The third-order valence-corrected chi connectivity index (χ3v) is 15.2. The van der Waals surface area contributed by atoms with Gasteiger partial charge in [-0.2, -0.15) is 0 Å². The highest BCUT2D eigenvalue weighted by Gasteiger charge is 2.83. The minimum Gasteiger partial charge on any atom is -0.497 e. The molecule has 1 amide bonds. The molecule has 3 atom stereocenters. The van der Waals surface area contributed by atoms with Crippen LogP contribution in [0.5, 0.6) is 5.75 Å². The lowest BCUT2D eigenvalue weighted by molar-refractivity contribution is -0.189. The van der Waals surface area contributed by atoms with E-state index in [-0.39, 0.29) is 24.6 Å². The number of esters is 2. The summed E-state index contributed by atoms with van der Waals surface area (Å²) in [6.45, 7) is 18.7. The van der Waals surface area contributed by atoms with Crippen molar-refractivity contribution in [1.29, 1.82) is 0 Å². The lowest BCUT2D eigenvalue weighted by Crippen LogP contribution is -2.74. The molecule has 2 aliphatic heterocycles. The van der Waals surface area contributed by atoms with E-state index in [1.165, 1.54) is 14.2 Å². The third kappa shape index (κ3) is 5.05. The fraction of sp³-hybridized carbons (Fsp3) is 0.676. The number of anilines is 1. The predicted octanol–water partition coefficient (Wildman–Crippen LogP) is 6.41. The van der Waals surface area contributed by atoms with E-state index in [2.05, 4.69) is 39.2 Å². The SMILES string of the molecule is C/C=C(/CO[Si](C)(C)C(C)(C)C)C1CCC23Nc4ccc(OC)cc4[C@@]2(CCN3C(=O)OC(C)(C)C)C1(C(=O)OC)C(=O)OC. The summed E-state index contributed by atoms with van der Waals surface area (Å²) in [4.78, 5) is 44.9. The first-order valence-electron chi connectivity index (χ1n) is 15.8. The molecule has 250 valence electrons. The maximum absolute atomic E-state index is 14.7. The molecule has 11 heteroatoms. The number of nitrogens with zero attached hydrogens (tertiary/aromatic N) is 1. The Morgan fingerprint density at radius 1 is 1.02 bits per heavy atom. The van der Waals surface area contributed by atoms with Crippen molar-refractivity contribution in [2.24, 2.45) is 11.3 Å². The van der Waals surface area contributed by atoms with Crippen molar-refractivity contribution in [2.45, 2.75) is 103 Å². The Labute approximate surface area is 269 Å². The van der Waals surface area contributed by atoms with Gasteiger partial charge < -0.3 is 28.7 Å². The van der Waals surface area contributed by atoms with Crippen LogP contribution in [0.1, 0.15) is 73.3 Å². The van der Waals surface area contributed by atoms with Gasteiger partial charge in [-0.3, -0.25) is 14.5 Å². The van der Waals surface area contributed by atoms with Crippen LogP contribution in [0, 0.1) is 11.3 Å². The van der Waals surface area contributed by atoms with Gasteiger partial charge in [0.2, 0.25) is 0 Å². The van der Waals surface area contributed by atoms with Gasteiger partial charge in [-0.1, -0.05) is 26.8 Å². The van der Waals surface area contributed by atoms with Crippen molar-refractivity contribution in [3.8, 4) is 5.75 Å². The second-order valence-electron chi connectivity index (χ2n) is 15.0. The van der Waals surface area contributed by atoms with Crippen molar-refractivity contribution >= 4 is 32.0 Å². The highest BCUT2D eigenvalue weighted by molar-refractivity contribution is 6.74. The molecule has 1 aliphatic carbocycles. The molecule has 0 spiro atoms. The number of ether oxygens (including phenoxy) is 4. The first kappa shape index (κ1) is 34.8. The monoisotopic (exact) mass is 644 g/mol. The Kier molecular flexibility index (Phi) is 9.00. The number of methoxy groups -OCH3 is 3. The van der Waals surface area contributed by atoms with E-state index in [4.69, 9.17) is 23.4 Å². The number of amides is 1. The molecule has 2 fully saturated rings. The van der Waals surface area contributed by atoms with Gasteiger partial charge in [0, 0.05) is 18.2 Å². The first-order chi connectivity index (χ1) is 20.8. The van der Waals surface area contributed by atoms with Gasteiger partial charge in [-0.15, -0.1) is 0 Å². The molecule has 0 radical (unpaired) electrons. The summed E-state index contributed by atoms with van der Waals surface area (Å²) in [5.41, 5.74) is -2.89. The molecule has 1 saturated heterocycles. The van der Waals surface area contributed by atoms with Crippen LogP contribution < -0.4 is 10.1 Å². The van der Waals surface area contributed by atoms with Gasteiger partial charge in [-0.05, 0) is 94.4 Å². The Hall–Kier alpha value is -3.05. The molecule has 4 rings (SSSR count). The molecule has 3 aliphatic rings. The molecular weight excluding hydrogens is 592 g/mol. The number of rotatable bonds is 7. The Morgan fingerprint density at radius 3 is 2.16 bits per heavy atom. The van der Waals surface area contributed by atoms with Crippen LogP contribution >= 0.6 is 0 Å². The molecule has 1 aromatic rings. The number of hydrogen-bond acceptors (Lipinski definition) is 9. The summed E-state index contributed by atoms with van der Waals surface area (Å²) in [5.74, 6) is -1.50. The summed E-state index contributed by atoms with van der Waals surface area (Å²) in [5, 5.41) is 3.60. The molecule has 1 aromatic carbocycles. The minimum absolute atomic E-state index is 0.0434. The van der Waals surface area contributed by atoms with Crippen molar-refractivity contribution in [1.82, 2.24) is 4.90 Å². The van der Waals surface area contributed by atoms with Crippen molar-refractivity contribution in [2.75, 3.05) is 39.8 Å². The van der Waals surface area contributed by atoms with Crippen LogP contribution in [0.15, 0.2) is 29.8 Å². The maximum Gasteiger partial charge on any atom is 0.412 e. The molecule has 2 unspecified atom stereocenters. The highest BCUT2D eigenvalue weighted by atomic mass is 28.4. The fourth-order valence-electron chi connectivity index (χ4n) is 7.72. The molecule has 0 bridgehead atoms. The summed E-state index contributed by atoms with van der Waals surface area (Å²) in [6.07, 6.45) is 2.52. The number of fused-ring (bicyclic) bond motifs is 1. The second kappa shape index (κ2) is 11.6. The fourth-order valence-corrected chi connectivity index (χ4v) is 8.68. The molecule has 10 nitrogen and oxygen atoms in total. The van der Waals surface area contributed by atoms with Gasteiger partial charge >= 0.3 is 18.0 Å². The van der Waals surface area contributed by atoms with Crippen LogP contribution in [-0.2, 0) is 33.6 Å². The summed E-state index contributed by atoms with van der Waals surface area (Å²) < 4.78 is 29.5. The van der Waals surface area contributed by atoms with Gasteiger partial charge in [0.25, 0.3) is 0 Å². The first-order valence-corrected chi connectivity index (χ1v) is 18.7. The average molecular weight is 645 g/mol. The molecule has 1 saturated carbocycles. The van der Waals surface area contributed by atoms with E-state index in [1.54, 1.807) is 12.0 Å². The topological polar surface area (TPSA) is 113 Å². The van der Waals surface area contributed by atoms with Crippen molar-refractivity contribution < 1.29 is 37.8 Å². The van der Waals surface area contributed by atoms with Gasteiger partial charge in [0.05, 0.1) is 33.4 Å². The van der Waals surface area contributed by atoms with Crippen LogP contribution in [0.4, 0.5) is 10.5 Å². The standard InChI is InChI=1S/C34H52N2O8Si/c1-13-22(21-43-45(11,12)31(5,6)7)24-16-17-33-32(34(24,27(37)41-9)28(38)42-10,18-19-36(33)29(39)44-30(2,3)4)25-20-23(40-8)14-15-26(25)35-33/h13-15,20,24,35H,16-19,21H2,1-12H3/b22-13-/t24?,32-,33?/m1/s1. The smallest absolute Gasteiger partial charge is 0.412 e. The summed E-state index contributed by atoms with van der Waals surface area (Å²) >= 11 is 0. The van der Waals surface area contributed by atoms with E-state index >= 15 is 0 Å². The van der Waals surface area contributed by atoms with Crippen molar-refractivity contribution in [3.63, 3.8) is 0 Å². The van der Waals surface area contributed by atoms with E-state index in [1.807, 2.05) is 52.0 Å².